The van der Waals surface area contributed by atoms with Crippen LogP contribution in [-0.2, 0) is 11.3 Å². The molecule has 0 radical (unpaired) electrons. The molecule has 0 bridgehead atoms. The highest BCUT2D eigenvalue weighted by Gasteiger charge is 2.20. The topological polar surface area (TPSA) is 26.8 Å². The SMILES string of the molecule is CN(C)Cc1cccc(N2CCN(C(=O)/C=C/c3ccccc3)CC2)c1. The van der Waals surface area contributed by atoms with E-state index in [2.05, 4.69) is 48.2 Å². The summed E-state index contributed by atoms with van der Waals surface area (Å²) in [6.45, 7) is 4.20. The second-order valence-electron chi connectivity index (χ2n) is 6.96. The minimum Gasteiger partial charge on any atom is -0.368 e. The first-order chi connectivity index (χ1) is 12.6. The molecule has 0 saturated carbocycles. The third-order valence-electron chi connectivity index (χ3n) is 4.58. The third kappa shape index (κ3) is 4.96. The van der Waals surface area contributed by atoms with Crippen molar-refractivity contribution in [2.75, 3.05) is 45.2 Å². The molecule has 3 rings (SSSR count). The lowest BCUT2D eigenvalue weighted by Gasteiger charge is -2.36. The van der Waals surface area contributed by atoms with E-state index in [1.54, 1.807) is 6.08 Å². The first-order valence-corrected chi connectivity index (χ1v) is 9.12. The summed E-state index contributed by atoms with van der Waals surface area (Å²) in [5.41, 5.74) is 3.62. The average Bonchev–Trinajstić information content (AvgIpc) is 2.67. The summed E-state index contributed by atoms with van der Waals surface area (Å²) in [4.78, 5) is 18.9. The Morgan fingerprint density at radius 2 is 1.73 bits per heavy atom. The number of piperazine rings is 1. The molecule has 4 nitrogen and oxygen atoms in total. The Bertz CT molecular complexity index is 747. The number of amides is 1. The molecule has 1 fully saturated rings. The first kappa shape index (κ1) is 18.2. The smallest absolute Gasteiger partial charge is 0.246 e. The van der Waals surface area contributed by atoms with Crippen molar-refractivity contribution in [3.63, 3.8) is 0 Å². The van der Waals surface area contributed by atoms with Gasteiger partial charge in [0, 0.05) is 44.5 Å². The standard InChI is InChI=1S/C22H27N3O/c1-23(2)18-20-9-6-10-21(17-20)24-13-15-25(16-14-24)22(26)12-11-19-7-4-3-5-8-19/h3-12,17H,13-16,18H2,1-2H3/b12-11+. The van der Waals surface area contributed by atoms with Crippen LogP contribution in [0.1, 0.15) is 11.1 Å². The third-order valence-corrected chi connectivity index (χ3v) is 4.58. The molecule has 2 aromatic rings. The van der Waals surface area contributed by atoms with Gasteiger partial charge in [-0.05, 0) is 43.4 Å². The Morgan fingerprint density at radius 1 is 1.00 bits per heavy atom. The molecular formula is C22H27N3O. The predicted octanol–water partition coefficient (Wildman–Crippen LogP) is 3.11. The fourth-order valence-electron chi connectivity index (χ4n) is 3.24. The Morgan fingerprint density at radius 3 is 2.42 bits per heavy atom. The lowest BCUT2D eigenvalue weighted by molar-refractivity contribution is -0.126. The number of carbonyl (C=O) groups is 1. The molecule has 2 aromatic carbocycles. The maximum atomic E-state index is 12.4. The molecule has 1 saturated heterocycles. The van der Waals surface area contributed by atoms with Gasteiger partial charge >= 0.3 is 0 Å². The molecule has 1 heterocycles. The van der Waals surface area contributed by atoms with Crippen LogP contribution in [0.3, 0.4) is 0 Å². The normalized spacial score (nSPS) is 15.0. The molecule has 26 heavy (non-hydrogen) atoms. The molecule has 4 heteroatoms. The Kier molecular flexibility index (Phi) is 6.08. The predicted molar refractivity (Wildman–Crippen MR) is 108 cm³/mol. The van der Waals surface area contributed by atoms with Gasteiger partial charge < -0.3 is 14.7 Å². The number of anilines is 1. The lowest BCUT2D eigenvalue weighted by atomic mass is 10.1. The van der Waals surface area contributed by atoms with E-state index in [1.165, 1.54) is 11.3 Å². The van der Waals surface area contributed by atoms with E-state index in [-0.39, 0.29) is 5.91 Å². The van der Waals surface area contributed by atoms with Crippen molar-refractivity contribution in [2.45, 2.75) is 6.54 Å². The highest BCUT2D eigenvalue weighted by molar-refractivity contribution is 5.91. The quantitative estimate of drug-likeness (QED) is 0.776. The van der Waals surface area contributed by atoms with E-state index >= 15 is 0 Å². The molecule has 0 aromatic heterocycles. The van der Waals surface area contributed by atoms with Gasteiger partial charge in [0.2, 0.25) is 5.91 Å². The second-order valence-corrected chi connectivity index (χ2v) is 6.96. The van der Waals surface area contributed by atoms with Gasteiger partial charge in [-0.2, -0.15) is 0 Å². The number of nitrogens with zero attached hydrogens (tertiary/aromatic N) is 3. The van der Waals surface area contributed by atoms with Crippen molar-refractivity contribution in [3.8, 4) is 0 Å². The van der Waals surface area contributed by atoms with Crippen molar-refractivity contribution in [2.24, 2.45) is 0 Å². The molecule has 0 unspecified atom stereocenters. The van der Waals surface area contributed by atoms with E-state index in [9.17, 15) is 4.79 Å². The van der Waals surface area contributed by atoms with E-state index in [0.29, 0.717) is 0 Å². The fourth-order valence-corrected chi connectivity index (χ4v) is 3.24. The molecule has 136 valence electrons. The number of benzene rings is 2. The van der Waals surface area contributed by atoms with Gasteiger partial charge in [-0.3, -0.25) is 4.79 Å². The number of rotatable bonds is 5. The number of hydrogen-bond donors (Lipinski definition) is 0. The summed E-state index contributed by atoms with van der Waals surface area (Å²) in [6.07, 6.45) is 3.57. The van der Waals surface area contributed by atoms with Crippen LogP contribution < -0.4 is 4.90 Å². The minimum atomic E-state index is 0.0925. The number of hydrogen-bond acceptors (Lipinski definition) is 3. The minimum absolute atomic E-state index is 0.0925. The van der Waals surface area contributed by atoms with Crippen molar-refractivity contribution >= 4 is 17.7 Å². The van der Waals surface area contributed by atoms with E-state index in [4.69, 9.17) is 0 Å². The first-order valence-electron chi connectivity index (χ1n) is 9.12. The van der Waals surface area contributed by atoms with Crippen molar-refractivity contribution < 1.29 is 4.79 Å². The monoisotopic (exact) mass is 349 g/mol. The average molecular weight is 349 g/mol. The van der Waals surface area contributed by atoms with Crippen LogP contribution in [-0.4, -0.2) is 56.0 Å². The highest BCUT2D eigenvalue weighted by atomic mass is 16.2. The van der Waals surface area contributed by atoms with Crippen LogP contribution in [0, 0.1) is 0 Å². The van der Waals surface area contributed by atoms with Crippen LogP contribution >= 0.6 is 0 Å². The zero-order chi connectivity index (χ0) is 18.4. The Hall–Kier alpha value is -2.59. The summed E-state index contributed by atoms with van der Waals surface area (Å²) in [5.74, 6) is 0.0925. The second kappa shape index (κ2) is 8.68. The molecule has 0 spiro atoms. The van der Waals surface area contributed by atoms with Crippen LogP contribution in [0.15, 0.2) is 60.7 Å². The summed E-state index contributed by atoms with van der Waals surface area (Å²) in [5, 5.41) is 0. The van der Waals surface area contributed by atoms with Crippen LogP contribution in [0.4, 0.5) is 5.69 Å². The lowest BCUT2D eigenvalue weighted by Crippen LogP contribution is -2.48. The van der Waals surface area contributed by atoms with Gasteiger partial charge in [-0.25, -0.2) is 0 Å². The van der Waals surface area contributed by atoms with Crippen LogP contribution in [0.2, 0.25) is 0 Å². The summed E-state index contributed by atoms with van der Waals surface area (Å²) in [7, 11) is 4.17. The molecule has 0 aliphatic carbocycles. The largest absolute Gasteiger partial charge is 0.368 e. The molecule has 1 aliphatic heterocycles. The molecule has 0 N–H and O–H groups in total. The molecule has 1 amide bonds. The number of carbonyl (C=O) groups excluding carboxylic acids is 1. The van der Waals surface area contributed by atoms with Gasteiger partial charge in [-0.15, -0.1) is 0 Å². The van der Waals surface area contributed by atoms with Crippen molar-refractivity contribution in [1.29, 1.82) is 0 Å². The van der Waals surface area contributed by atoms with Crippen molar-refractivity contribution in [1.82, 2.24) is 9.80 Å². The van der Waals surface area contributed by atoms with Gasteiger partial charge in [0.25, 0.3) is 0 Å². The van der Waals surface area contributed by atoms with Gasteiger partial charge in [0.15, 0.2) is 0 Å². The van der Waals surface area contributed by atoms with Crippen LogP contribution in [0.5, 0.6) is 0 Å². The zero-order valence-corrected chi connectivity index (χ0v) is 15.6. The fraction of sp³-hybridized carbons (Fsp3) is 0.318. The van der Waals surface area contributed by atoms with Gasteiger partial charge in [-0.1, -0.05) is 42.5 Å². The van der Waals surface area contributed by atoms with E-state index in [0.717, 1.165) is 38.3 Å². The van der Waals surface area contributed by atoms with Gasteiger partial charge in [0.05, 0.1) is 0 Å². The van der Waals surface area contributed by atoms with Crippen LogP contribution in [0.25, 0.3) is 6.08 Å². The summed E-state index contributed by atoms with van der Waals surface area (Å²) < 4.78 is 0. The van der Waals surface area contributed by atoms with Crippen molar-refractivity contribution in [3.05, 3.63) is 71.8 Å². The molecule has 0 atom stereocenters. The zero-order valence-electron chi connectivity index (χ0n) is 15.6. The maximum Gasteiger partial charge on any atom is 0.246 e. The Balaban J connectivity index is 1.55. The summed E-state index contributed by atoms with van der Waals surface area (Å²) >= 11 is 0. The highest BCUT2D eigenvalue weighted by Crippen LogP contribution is 2.19. The molecular weight excluding hydrogens is 322 g/mol. The van der Waals surface area contributed by atoms with E-state index in [1.807, 2.05) is 41.3 Å². The van der Waals surface area contributed by atoms with E-state index < -0.39 is 0 Å². The summed E-state index contributed by atoms with van der Waals surface area (Å²) in [6, 6.07) is 18.6. The maximum absolute atomic E-state index is 12.4. The molecule has 1 aliphatic rings. The van der Waals surface area contributed by atoms with Gasteiger partial charge in [0.1, 0.15) is 0 Å². The Labute approximate surface area is 156 Å².